The van der Waals surface area contributed by atoms with E-state index < -0.39 is 36.7 Å². The van der Waals surface area contributed by atoms with Crippen LogP contribution in [0.15, 0.2) is 24.5 Å². The van der Waals surface area contributed by atoms with Crippen LogP contribution in [0.1, 0.15) is 17.9 Å². The van der Waals surface area contributed by atoms with Gasteiger partial charge in [0.2, 0.25) is 18.3 Å². The van der Waals surface area contributed by atoms with Crippen LogP contribution in [0.2, 0.25) is 0 Å². The van der Waals surface area contributed by atoms with Gasteiger partial charge in [-0.05, 0) is 6.07 Å². The number of carbonyl (C=O) groups is 2. The maximum atomic E-state index is 11.7. The molecule has 2 saturated heterocycles. The van der Waals surface area contributed by atoms with E-state index in [9.17, 15) is 24.9 Å². The molecule has 3 heterocycles. The average Bonchev–Trinajstić information content (AvgIpc) is 2.94. The van der Waals surface area contributed by atoms with E-state index in [1.54, 1.807) is 24.2 Å². The van der Waals surface area contributed by atoms with E-state index in [2.05, 4.69) is 0 Å². The Morgan fingerprint density at radius 2 is 2.04 bits per heavy atom. The van der Waals surface area contributed by atoms with Crippen molar-refractivity contribution in [2.75, 3.05) is 13.6 Å². The van der Waals surface area contributed by atoms with Gasteiger partial charge < -0.3 is 30.1 Å². The number of hydrogen-bond donors (Lipinski definition) is 4. The number of hydrogen-bond acceptors (Lipinski definition) is 7. The fraction of sp³-hybridized carbons (Fsp3) is 0.562. The third-order valence-corrected chi connectivity index (χ3v) is 4.65. The van der Waals surface area contributed by atoms with Gasteiger partial charge in [-0.25, -0.2) is 9.63 Å². The SMILES string of the molecule is CN1C[C@@H](c2ccc[n+](O[C@@H]3O[C@@H](C(=O)O)[C@@H](O)[C@H](O)[C@H]3O)c2)CC1=O. The molecule has 2 aliphatic rings. The molecule has 0 saturated carbocycles. The van der Waals surface area contributed by atoms with Gasteiger partial charge in [0.15, 0.2) is 12.2 Å². The van der Waals surface area contributed by atoms with Crippen LogP contribution >= 0.6 is 0 Å². The molecule has 0 unspecified atom stereocenters. The Morgan fingerprint density at radius 3 is 2.65 bits per heavy atom. The molecule has 142 valence electrons. The van der Waals surface area contributed by atoms with Crippen molar-refractivity contribution in [3.05, 3.63) is 30.1 Å². The van der Waals surface area contributed by atoms with Crippen LogP contribution in [-0.2, 0) is 14.3 Å². The molecule has 0 aromatic carbocycles. The highest BCUT2D eigenvalue weighted by Gasteiger charge is 2.49. The molecule has 6 atom stereocenters. The van der Waals surface area contributed by atoms with Crippen molar-refractivity contribution in [3.8, 4) is 0 Å². The zero-order chi connectivity index (χ0) is 19.0. The Hall–Kier alpha value is -2.27. The van der Waals surface area contributed by atoms with Crippen molar-refractivity contribution in [3.63, 3.8) is 0 Å². The first-order valence-corrected chi connectivity index (χ1v) is 8.12. The fourth-order valence-corrected chi connectivity index (χ4v) is 3.12. The van der Waals surface area contributed by atoms with Gasteiger partial charge in [-0.3, -0.25) is 4.79 Å². The predicted molar refractivity (Wildman–Crippen MR) is 82.5 cm³/mol. The number of aliphatic carboxylic acids is 1. The number of likely N-dealkylation sites (N-methyl/N-ethyl adjacent to an activating group) is 1. The minimum atomic E-state index is -1.78. The number of ether oxygens (including phenoxy) is 1. The van der Waals surface area contributed by atoms with Crippen LogP contribution in [0.5, 0.6) is 0 Å². The molecule has 0 aliphatic carbocycles. The zero-order valence-corrected chi connectivity index (χ0v) is 14.0. The number of carboxylic acid groups (broad SMARTS) is 1. The second-order valence-corrected chi connectivity index (χ2v) is 6.51. The van der Waals surface area contributed by atoms with Crippen molar-refractivity contribution >= 4 is 11.9 Å². The number of pyridine rings is 1. The molecule has 0 bridgehead atoms. The number of aliphatic hydroxyl groups excluding tert-OH is 3. The van der Waals surface area contributed by atoms with E-state index in [-0.39, 0.29) is 11.8 Å². The van der Waals surface area contributed by atoms with Crippen LogP contribution in [0.4, 0.5) is 0 Å². The van der Waals surface area contributed by atoms with Crippen molar-refractivity contribution in [1.29, 1.82) is 0 Å². The van der Waals surface area contributed by atoms with Gasteiger partial charge in [-0.15, -0.1) is 0 Å². The number of carbonyl (C=O) groups excluding carboxylic acids is 1. The lowest BCUT2D eigenvalue weighted by molar-refractivity contribution is -0.909. The number of likely N-dealkylation sites (tertiary alicyclic amines) is 1. The fourth-order valence-electron chi connectivity index (χ4n) is 3.12. The van der Waals surface area contributed by atoms with E-state index in [4.69, 9.17) is 14.7 Å². The molecule has 0 spiro atoms. The number of aromatic nitrogens is 1. The number of nitrogens with zero attached hydrogens (tertiary/aromatic N) is 2. The van der Waals surface area contributed by atoms with Gasteiger partial charge in [-0.1, -0.05) is 0 Å². The first-order chi connectivity index (χ1) is 12.3. The highest BCUT2D eigenvalue weighted by atomic mass is 16.8. The van der Waals surface area contributed by atoms with Crippen LogP contribution in [0.25, 0.3) is 0 Å². The molecule has 1 aromatic heterocycles. The summed E-state index contributed by atoms with van der Waals surface area (Å²) in [6.07, 6.45) is -4.91. The molecule has 10 heteroatoms. The molecule has 1 amide bonds. The lowest BCUT2D eigenvalue weighted by atomic mass is 9.99. The van der Waals surface area contributed by atoms with Gasteiger partial charge in [0.1, 0.15) is 12.2 Å². The summed E-state index contributed by atoms with van der Waals surface area (Å²) >= 11 is 0. The van der Waals surface area contributed by atoms with E-state index in [0.717, 1.165) is 5.56 Å². The smallest absolute Gasteiger partial charge is 0.335 e. The number of amides is 1. The van der Waals surface area contributed by atoms with E-state index in [1.165, 1.54) is 10.9 Å². The Morgan fingerprint density at radius 1 is 1.31 bits per heavy atom. The van der Waals surface area contributed by atoms with E-state index >= 15 is 0 Å². The standard InChI is InChI=1S/C16H20N2O8/c1-17-6-9(5-10(17)19)8-3-2-4-18(7-8)26-16-13(22)11(20)12(21)14(25-16)15(23)24/h2-4,7,9,11-14,16,20-22H,5-6H2,1H3/p+1/t9-,11-,12-,13+,14+,16-/m0/s1. The highest BCUT2D eigenvalue weighted by Crippen LogP contribution is 2.26. The van der Waals surface area contributed by atoms with Gasteiger partial charge in [0.25, 0.3) is 6.29 Å². The predicted octanol–water partition coefficient (Wildman–Crippen LogP) is -2.76. The van der Waals surface area contributed by atoms with Crippen molar-refractivity contribution in [1.82, 2.24) is 4.90 Å². The van der Waals surface area contributed by atoms with Crippen LogP contribution < -0.4 is 9.57 Å². The third kappa shape index (κ3) is 3.49. The van der Waals surface area contributed by atoms with Crippen molar-refractivity contribution < 1.29 is 44.3 Å². The first kappa shape index (κ1) is 18.5. The maximum Gasteiger partial charge on any atom is 0.335 e. The number of aliphatic hydroxyl groups is 3. The van der Waals surface area contributed by atoms with Gasteiger partial charge in [0.05, 0.1) is 0 Å². The Bertz CT molecular complexity index is 699. The third-order valence-electron chi connectivity index (χ3n) is 4.65. The summed E-state index contributed by atoms with van der Waals surface area (Å²) in [7, 11) is 1.72. The molecule has 4 N–H and O–H groups in total. The quantitative estimate of drug-likeness (QED) is 0.419. The number of carboxylic acids is 1. The van der Waals surface area contributed by atoms with Crippen LogP contribution in [0.3, 0.4) is 0 Å². The monoisotopic (exact) mass is 369 g/mol. The van der Waals surface area contributed by atoms with Crippen LogP contribution in [-0.4, -0.2) is 81.5 Å². The largest absolute Gasteiger partial charge is 0.479 e. The van der Waals surface area contributed by atoms with Crippen molar-refractivity contribution in [2.45, 2.75) is 43.0 Å². The second kappa shape index (κ2) is 7.16. The van der Waals surface area contributed by atoms with Gasteiger partial charge in [-0.2, -0.15) is 0 Å². The molecule has 0 radical (unpaired) electrons. The highest BCUT2D eigenvalue weighted by molar-refractivity contribution is 5.79. The minimum Gasteiger partial charge on any atom is -0.479 e. The molecule has 10 nitrogen and oxygen atoms in total. The summed E-state index contributed by atoms with van der Waals surface area (Å²) < 4.78 is 6.30. The van der Waals surface area contributed by atoms with Gasteiger partial charge in [0, 0.05) is 42.3 Å². The summed E-state index contributed by atoms with van der Waals surface area (Å²) in [6, 6.07) is 3.50. The average molecular weight is 369 g/mol. The summed E-state index contributed by atoms with van der Waals surface area (Å²) in [5, 5.41) is 38.6. The molecular weight excluding hydrogens is 348 g/mol. The lowest BCUT2D eigenvalue weighted by Gasteiger charge is -2.36. The minimum absolute atomic E-state index is 0.0140. The van der Waals surface area contributed by atoms with Crippen LogP contribution in [0, 0.1) is 0 Å². The molecule has 1 aromatic rings. The molecule has 26 heavy (non-hydrogen) atoms. The first-order valence-electron chi connectivity index (χ1n) is 8.12. The van der Waals surface area contributed by atoms with E-state index in [0.29, 0.717) is 13.0 Å². The summed E-state index contributed by atoms with van der Waals surface area (Å²) in [5.41, 5.74) is 0.825. The summed E-state index contributed by atoms with van der Waals surface area (Å²) in [4.78, 5) is 29.9. The van der Waals surface area contributed by atoms with E-state index in [1.807, 2.05) is 6.07 Å². The molecule has 3 rings (SSSR count). The molecular formula is C16H21N2O8+. The Kier molecular flexibility index (Phi) is 5.10. The number of rotatable bonds is 4. The van der Waals surface area contributed by atoms with Crippen molar-refractivity contribution in [2.24, 2.45) is 0 Å². The topological polar surface area (TPSA) is 141 Å². The van der Waals surface area contributed by atoms with Gasteiger partial charge >= 0.3 is 5.97 Å². The maximum absolute atomic E-state index is 11.7. The normalized spacial score (nSPS) is 34.8. The second-order valence-electron chi connectivity index (χ2n) is 6.51. The molecule has 2 fully saturated rings. The summed E-state index contributed by atoms with van der Waals surface area (Å²) in [5.74, 6) is -1.46. The Labute approximate surface area is 148 Å². The molecule has 2 aliphatic heterocycles. The zero-order valence-electron chi connectivity index (χ0n) is 14.0. The lowest BCUT2D eigenvalue weighted by Crippen LogP contribution is -2.65. The Balaban J connectivity index is 1.75. The summed E-state index contributed by atoms with van der Waals surface area (Å²) in [6.45, 7) is 0.567.